The van der Waals surface area contributed by atoms with Crippen LogP contribution in [0.25, 0.3) is 0 Å². The summed E-state index contributed by atoms with van der Waals surface area (Å²) in [6.07, 6.45) is 6.52. The number of rotatable bonds is 7. The fraction of sp³-hybridized carbons (Fsp3) is 0.700. The number of amides is 2. The van der Waals surface area contributed by atoms with Crippen LogP contribution in [0.4, 0.5) is 0 Å². The van der Waals surface area contributed by atoms with Crippen molar-refractivity contribution in [2.24, 2.45) is 5.92 Å². The van der Waals surface area contributed by atoms with Gasteiger partial charge in [0.15, 0.2) is 5.78 Å². The highest BCUT2D eigenvalue weighted by Crippen LogP contribution is 2.33. The summed E-state index contributed by atoms with van der Waals surface area (Å²) in [5.74, 6) is 0.0616. The molecule has 38 heavy (non-hydrogen) atoms. The molecule has 208 valence electrons. The lowest BCUT2D eigenvalue weighted by molar-refractivity contribution is -0.139. The van der Waals surface area contributed by atoms with E-state index in [-0.39, 0.29) is 36.2 Å². The largest absolute Gasteiger partial charge is 0.377 e. The van der Waals surface area contributed by atoms with E-state index in [0.717, 1.165) is 58.0 Å². The quantitative estimate of drug-likeness (QED) is 0.589. The Labute approximate surface area is 226 Å². The summed E-state index contributed by atoms with van der Waals surface area (Å²) in [5.41, 5.74) is 1.84. The summed E-state index contributed by atoms with van der Waals surface area (Å²) in [6, 6.07) is 7.22. The van der Waals surface area contributed by atoms with Gasteiger partial charge in [0.05, 0.1) is 6.54 Å². The molecule has 0 aromatic heterocycles. The predicted molar refractivity (Wildman–Crippen MR) is 144 cm³/mol. The minimum absolute atomic E-state index is 0.00225. The molecule has 0 radical (unpaired) electrons. The first-order valence-corrected chi connectivity index (χ1v) is 14.5. The highest BCUT2D eigenvalue weighted by Gasteiger charge is 2.54. The molecule has 0 spiro atoms. The number of methoxy groups -OCH3 is 1. The molecule has 3 saturated heterocycles. The van der Waals surface area contributed by atoms with E-state index in [1.54, 1.807) is 12.0 Å². The summed E-state index contributed by atoms with van der Waals surface area (Å²) in [5, 5.41) is 3.09. The number of nitrogens with one attached hydrogen (secondary N) is 1. The second-order valence-electron chi connectivity index (χ2n) is 11.8. The number of piperidine rings is 1. The van der Waals surface area contributed by atoms with Crippen molar-refractivity contribution in [1.82, 2.24) is 15.1 Å². The fourth-order valence-electron chi connectivity index (χ4n) is 6.95. The smallest absolute Gasteiger partial charge is 0.251 e. The van der Waals surface area contributed by atoms with E-state index in [2.05, 4.69) is 36.2 Å². The van der Waals surface area contributed by atoms with Crippen LogP contribution in [0.3, 0.4) is 0 Å². The zero-order chi connectivity index (χ0) is 26.8. The molecule has 1 aromatic carbocycles. The first kappa shape index (κ1) is 27.3. The average Bonchev–Trinajstić information content (AvgIpc) is 3.52. The van der Waals surface area contributed by atoms with Gasteiger partial charge < -0.3 is 24.6 Å². The lowest BCUT2D eigenvalue weighted by Gasteiger charge is -2.35. The van der Waals surface area contributed by atoms with Crippen molar-refractivity contribution in [3.63, 3.8) is 0 Å². The molecule has 1 saturated carbocycles. The average molecular weight is 526 g/mol. The van der Waals surface area contributed by atoms with Gasteiger partial charge in [0.25, 0.3) is 5.91 Å². The first-order valence-electron chi connectivity index (χ1n) is 14.5. The van der Waals surface area contributed by atoms with Crippen LogP contribution < -0.4 is 5.32 Å². The van der Waals surface area contributed by atoms with Crippen LogP contribution in [0.1, 0.15) is 80.6 Å². The number of fused-ring (bicyclic) bond motifs is 1. The zero-order valence-corrected chi connectivity index (χ0v) is 23.1. The van der Waals surface area contributed by atoms with E-state index in [9.17, 15) is 14.4 Å². The molecule has 3 aliphatic heterocycles. The van der Waals surface area contributed by atoms with Gasteiger partial charge in [-0.15, -0.1) is 0 Å². The van der Waals surface area contributed by atoms with E-state index < -0.39 is 18.2 Å². The highest BCUT2D eigenvalue weighted by molar-refractivity contribution is 5.99. The Bertz CT molecular complexity index is 998. The summed E-state index contributed by atoms with van der Waals surface area (Å²) in [4.78, 5) is 44.1. The van der Waals surface area contributed by atoms with E-state index in [0.29, 0.717) is 24.1 Å². The summed E-state index contributed by atoms with van der Waals surface area (Å²) < 4.78 is 11.2. The van der Waals surface area contributed by atoms with Crippen LogP contribution in [0, 0.1) is 5.92 Å². The van der Waals surface area contributed by atoms with Crippen molar-refractivity contribution in [2.75, 3.05) is 33.4 Å². The third-order valence-electron chi connectivity index (χ3n) is 9.30. The third-order valence-corrected chi connectivity index (χ3v) is 9.30. The fourth-order valence-corrected chi connectivity index (χ4v) is 6.95. The van der Waals surface area contributed by atoms with Crippen molar-refractivity contribution in [3.8, 4) is 0 Å². The topological polar surface area (TPSA) is 88.2 Å². The van der Waals surface area contributed by atoms with Gasteiger partial charge in [0.1, 0.15) is 30.9 Å². The number of carbonyl (C=O) groups excluding carboxylic acids is 3. The number of benzene rings is 1. The molecular formula is C30H43N3O5. The van der Waals surface area contributed by atoms with Crippen molar-refractivity contribution in [3.05, 3.63) is 35.4 Å². The van der Waals surface area contributed by atoms with Gasteiger partial charge in [-0.25, -0.2) is 0 Å². The van der Waals surface area contributed by atoms with E-state index in [1.807, 2.05) is 12.1 Å². The lowest BCUT2D eigenvalue weighted by Crippen LogP contribution is -2.55. The maximum atomic E-state index is 13.9. The maximum absolute atomic E-state index is 13.9. The molecule has 4 atom stereocenters. The number of Topliss-reactive ketones (excluding diaryl/α,β-unsaturated/α-hetero) is 1. The van der Waals surface area contributed by atoms with Crippen LogP contribution in [0.5, 0.6) is 0 Å². The van der Waals surface area contributed by atoms with Crippen molar-refractivity contribution < 1.29 is 23.9 Å². The molecule has 5 rings (SSSR count). The molecule has 1 N–H and O–H groups in total. The molecule has 8 heteroatoms. The molecule has 4 fully saturated rings. The van der Waals surface area contributed by atoms with Gasteiger partial charge in [0.2, 0.25) is 5.91 Å². The number of hydrogen-bond donors (Lipinski definition) is 1. The Balaban J connectivity index is 1.29. The lowest BCUT2D eigenvalue weighted by atomic mass is 9.83. The Morgan fingerprint density at radius 1 is 1.03 bits per heavy atom. The van der Waals surface area contributed by atoms with Gasteiger partial charge in [0, 0.05) is 18.7 Å². The number of hydrogen-bond acceptors (Lipinski definition) is 6. The zero-order valence-electron chi connectivity index (χ0n) is 23.1. The number of carbonyl (C=O) groups is 3. The van der Waals surface area contributed by atoms with Gasteiger partial charge in [-0.05, 0) is 82.2 Å². The molecule has 1 aliphatic carbocycles. The second kappa shape index (κ2) is 11.8. The Hall–Kier alpha value is -2.29. The molecule has 8 nitrogen and oxygen atoms in total. The molecule has 3 heterocycles. The van der Waals surface area contributed by atoms with Gasteiger partial charge in [-0.3, -0.25) is 14.4 Å². The Morgan fingerprint density at radius 3 is 2.34 bits per heavy atom. The highest BCUT2D eigenvalue weighted by atomic mass is 16.5. The number of ketones is 1. The Morgan fingerprint density at radius 2 is 1.71 bits per heavy atom. The van der Waals surface area contributed by atoms with Crippen molar-refractivity contribution in [2.45, 2.75) is 95.0 Å². The second-order valence-corrected chi connectivity index (χ2v) is 11.8. The van der Waals surface area contributed by atoms with Crippen LogP contribution in [0.15, 0.2) is 24.3 Å². The minimum atomic E-state index is -0.660. The maximum Gasteiger partial charge on any atom is 0.251 e. The summed E-state index contributed by atoms with van der Waals surface area (Å²) in [7, 11) is 1.58. The predicted octanol–water partition coefficient (Wildman–Crippen LogP) is 3.15. The van der Waals surface area contributed by atoms with Gasteiger partial charge in [-0.1, -0.05) is 31.4 Å². The number of nitrogens with zero attached hydrogens (tertiary/aromatic N) is 2. The molecule has 1 aromatic rings. The van der Waals surface area contributed by atoms with Crippen molar-refractivity contribution >= 4 is 17.6 Å². The standard InChI is InChI=1S/C30H43N3O5/c1-19(2)32-15-13-21(14-16-32)20-9-11-23(12-10-20)29(35)31-26(22-7-5-4-6-8-22)30(36)33-17-25(37-3)28-27(33)24(34)18-38-28/h9-12,19,21-22,25-28H,4-8,13-18H2,1-3H3,(H,31,35)/t25-,26+,27-,28-/m1/s1. The normalized spacial score (nSPS) is 28.1. The van der Waals surface area contributed by atoms with E-state index in [1.165, 1.54) is 5.56 Å². The van der Waals surface area contributed by atoms with Crippen LogP contribution in [0.2, 0.25) is 0 Å². The van der Waals surface area contributed by atoms with Gasteiger partial charge >= 0.3 is 0 Å². The van der Waals surface area contributed by atoms with Crippen molar-refractivity contribution in [1.29, 1.82) is 0 Å². The third kappa shape index (κ3) is 5.54. The number of ether oxygens (including phenoxy) is 2. The molecule has 2 amide bonds. The Kier molecular flexibility index (Phi) is 8.50. The van der Waals surface area contributed by atoms with Crippen LogP contribution in [-0.2, 0) is 19.1 Å². The summed E-state index contributed by atoms with van der Waals surface area (Å²) in [6.45, 7) is 7.01. The van der Waals surface area contributed by atoms with E-state index >= 15 is 0 Å². The molecule has 4 aliphatic rings. The summed E-state index contributed by atoms with van der Waals surface area (Å²) >= 11 is 0. The minimum Gasteiger partial charge on any atom is -0.377 e. The first-order chi connectivity index (χ1) is 18.4. The number of likely N-dealkylation sites (tertiary alicyclic amines) is 2. The van der Waals surface area contributed by atoms with Crippen LogP contribution >= 0.6 is 0 Å². The molecular weight excluding hydrogens is 482 g/mol. The van der Waals surface area contributed by atoms with Gasteiger partial charge in [-0.2, -0.15) is 0 Å². The molecule has 0 bridgehead atoms. The van der Waals surface area contributed by atoms with E-state index in [4.69, 9.17) is 9.47 Å². The van der Waals surface area contributed by atoms with Crippen LogP contribution in [-0.4, -0.2) is 91.1 Å². The molecule has 0 unspecified atom stereocenters. The monoisotopic (exact) mass is 525 g/mol. The SMILES string of the molecule is CO[C@@H]1CN(C(=O)[C@@H](NC(=O)c2ccc(C3CCN(C(C)C)CC3)cc2)C2CCCCC2)[C@@H]2C(=O)CO[C@@H]21.